The molecule has 0 unspecified atom stereocenters. The van der Waals surface area contributed by atoms with Gasteiger partial charge in [0.15, 0.2) is 0 Å². The average molecular weight is 293 g/mol. The summed E-state index contributed by atoms with van der Waals surface area (Å²) < 4.78 is 0. The number of aromatic nitrogens is 4. The number of hydrogen-bond donors (Lipinski definition) is 1. The van der Waals surface area contributed by atoms with Crippen LogP contribution in [0.1, 0.15) is 10.5 Å². The van der Waals surface area contributed by atoms with Crippen molar-refractivity contribution in [2.24, 2.45) is 0 Å². The van der Waals surface area contributed by atoms with E-state index >= 15 is 0 Å². The van der Waals surface area contributed by atoms with Crippen LogP contribution in [0.2, 0.25) is 0 Å². The van der Waals surface area contributed by atoms with E-state index in [1.165, 1.54) is 11.1 Å². The standard InChI is InChI=1S/C16H15N5O/c1-21(2)16(22)15-10-17-9-14(19-15)12-5-3-4-11(8-12)13-6-7-18-20-13/h3-10H,1-2H3,(H,18,20). The molecule has 1 N–H and O–H groups in total. The van der Waals surface area contributed by atoms with Gasteiger partial charge in [0.2, 0.25) is 0 Å². The van der Waals surface area contributed by atoms with Crippen LogP contribution in [0.4, 0.5) is 0 Å². The monoisotopic (exact) mass is 293 g/mol. The second-order valence-corrected chi connectivity index (χ2v) is 5.04. The predicted octanol–water partition coefficient (Wildman–Crippen LogP) is 2.24. The van der Waals surface area contributed by atoms with Crippen LogP contribution < -0.4 is 0 Å². The summed E-state index contributed by atoms with van der Waals surface area (Å²) in [5, 5.41) is 6.88. The Morgan fingerprint density at radius 2 is 1.95 bits per heavy atom. The summed E-state index contributed by atoms with van der Waals surface area (Å²) in [6, 6.07) is 9.75. The van der Waals surface area contributed by atoms with E-state index in [-0.39, 0.29) is 5.91 Å². The Bertz CT molecular complexity index is 796. The van der Waals surface area contributed by atoms with Crippen molar-refractivity contribution < 1.29 is 4.79 Å². The summed E-state index contributed by atoms with van der Waals surface area (Å²) in [4.78, 5) is 22.0. The summed E-state index contributed by atoms with van der Waals surface area (Å²) >= 11 is 0. The van der Waals surface area contributed by atoms with Gasteiger partial charge in [0.25, 0.3) is 5.91 Å². The van der Waals surface area contributed by atoms with E-state index in [0.717, 1.165) is 16.8 Å². The maximum absolute atomic E-state index is 12.0. The Kier molecular flexibility index (Phi) is 3.65. The number of nitrogens with zero attached hydrogens (tertiary/aromatic N) is 4. The summed E-state index contributed by atoms with van der Waals surface area (Å²) in [5.41, 5.74) is 3.81. The van der Waals surface area contributed by atoms with Gasteiger partial charge in [-0.25, -0.2) is 4.98 Å². The Labute approximate surface area is 127 Å². The lowest BCUT2D eigenvalue weighted by Gasteiger charge is -2.10. The van der Waals surface area contributed by atoms with Crippen LogP contribution in [0, 0.1) is 0 Å². The summed E-state index contributed by atoms with van der Waals surface area (Å²) in [6.45, 7) is 0. The van der Waals surface area contributed by atoms with Gasteiger partial charge in [0.05, 0.1) is 23.8 Å². The Morgan fingerprint density at radius 3 is 2.68 bits per heavy atom. The molecule has 0 aliphatic carbocycles. The molecule has 0 saturated heterocycles. The molecule has 0 radical (unpaired) electrons. The molecule has 110 valence electrons. The fourth-order valence-corrected chi connectivity index (χ4v) is 2.10. The molecule has 3 rings (SSSR count). The Hall–Kier alpha value is -3.02. The van der Waals surface area contributed by atoms with E-state index in [1.54, 1.807) is 26.5 Å². The van der Waals surface area contributed by atoms with Crippen LogP contribution in [0.5, 0.6) is 0 Å². The Morgan fingerprint density at radius 1 is 1.14 bits per heavy atom. The summed E-state index contributed by atoms with van der Waals surface area (Å²) in [5.74, 6) is -0.168. The highest BCUT2D eigenvalue weighted by Crippen LogP contribution is 2.23. The molecule has 0 atom stereocenters. The molecule has 0 spiro atoms. The average Bonchev–Trinajstić information content (AvgIpc) is 3.09. The third kappa shape index (κ3) is 2.71. The first-order chi connectivity index (χ1) is 10.6. The van der Waals surface area contributed by atoms with E-state index in [0.29, 0.717) is 11.4 Å². The van der Waals surface area contributed by atoms with Gasteiger partial charge in [-0.05, 0) is 12.1 Å². The maximum Gasteiger partial charge on any atom is 0.273 e. The smallest absolute Gasteiger partial charge is 0.273 e. The molecular formula is C16H15N5O. The van der Waals surface area contributed by atoms with Crippen molar-refractivity contribution in [2.45, 2.75) is 0 Å². The van der Waals surface area contributed by atoms with Gasteiger partial charge >= 0.3 is 0 Å². The quantitative estimate of drug-likeness (QED) is 0.803. The molecule has 6 heteroatoms. The van der Waals surface area contributed by atoms with Gasteiger partial charge in [-0.3, -0.25) is 14.9 Å². The molecule has 0 aliphatic heterocycles. The fourth-order valence-electron chi connectivity index (χ4n) is 2.10. The lowest BCUT2D eigenvalue weighted by Crippen LogP contribution is -2.23. The molecule has 6 nitrogen and oxygen atoms in total. The lowest BCUT2D eigenvalue weighted by molar-refractivity contribution is 0.0821. The number of H-pyrrole nitrogens is 1. The van der Waals surface area contributed by atoms with Crippen LogP contribution in [-0.2, 0) is 0 Å². The number of amides is 1. The predicted molar refractivity (Wildman–Crippen MR) is 83.1 cm³/mol. The van der Waals surface area contributed by atoms with Gasteiger partial charge in [-0.1, -0.05) is 18.2 Å². The van der Waals surface area contributed by atoms with Gasteiger partial charge in [0.1, 0.15) is 5.69 Å². The van der Waals surface area contributed by atoms with Crippen molar-refractivity contribution in [1.82, 2.24) is 25.1 Å². The number of hydrogen-bond acceptors (Lipinski definition) is 4. The minimum atomic E-state index is -0.168. The molecule has 1 amide bonds. The van der Waals surface area contributed by atoms with Gasteiger partial charge < -0.3 is 4.90 Å². The fraction of sp³-hybridized carbons (Fsp3) is 0.125. The van der Waals surface area contributed by atoms with Gasteiger partial charge in [-0.2, -0.15) is 5.10 Å². The molecule has 0 bridgehead atoms. The largest absolute Gasteiger partial charge is 0.343 e. The zero-order chi connectivity index (χ0) is 15.5. The van der Waals surface area contributed by atoms with Crippen LogP contribution >= 0.6 is 0 Å². The Balaban J connectivity index is 2.00. The third-order valence-corrected chi connectivity index (χ3v) is 3.23. The normalized spacial score (nSPS) is 10.5. The molecule has 1 aromatic carbocycles. The zero-order valence-electron chi connectivity index (χ0n) is 12.3. The van der Waals surface area contributed by atoms with Crippen molar-refractivity contribution in [3.8, 4) is 22.5 Å². The van der Waals surface area contributed by atoms with Crippen LogP contribution in [0.3, 0.4) is 0 Å². The molecule has 2 aromatic heterocycles. The van der Waals surface area contributed by atoms with Crippen molar-refractivity contribution in [2.75, 3.05) is 14.1 Å². The SMILES string of the molecule is CN(C)C(=O)c1cncc(-c2cccc(-c3ccn[nH]3)c2)n1. The molecule has 0 saturated carbocycles. The summed E-state index contributed by atoms with van der Waals surface area (Å²) in [7, 11) is 3.38. The molecule has 3 aromatic rings. The molecular weight excluding hydrogens is 278 g/mol. The first-order valence-corrected chi connectivity index (χ1v) is 6.79. The maximum atomic E-state index is 12.0. The number of nitrogens with one attached hydrogen (secondary N) is 1. The van der Waals surface area contributed by atoms with Crippen molar-refractivity contribution >= 4 is 5.91 Å². The molecule has 2 heterocycles. The van der Waals surface area contributed by atoms with E-state index in [2.05, 4.69) is 20.2 Å². The topological polar surface area (TPSA) is 74.8 Å². The van der Waals surface area contributed by atoms with E-state index in [1.807, 2.05) is 30.3 Å². The molecule has 0 aliphatic rings. The zero-order valence-corrected chi connectivity index (χ0v) is 12.3. The van der Waals surface area contributed by atoms with Crippen LogP contribution in [-0.4, -0.2) is 45.1 Å². The van der Waals surface area contributed by atoms with E-state index in [4.69, 9.17) is 0 Å². The number of carbonyl (C=O) groups excluding carboxylic acids is 1. The van der Waals surface area contributed by atoms with E-state index in [9.17, 15) is 4.79 Å². The first kappa shape index (κ1) is 13.9. The second-order valence-electron chi connectivity index (χ2n) is 5.04. The van der Waals surface area contributed by atoms with Gasteiger partial charge in [-0.15, -0.1) is 0 Å². The third-order valence-electron chi connectivity index (χ3n) is 3.23. The summed E-state index contributed by atoms with van der Waals surface area (Å²) in [6.07, 6.45) is 4.83. The minimum absolute atomic E-state index is 0.168. The highest BCUT2D eigenvalue weighted by Gasteiger charge is 2.12. The first-order valence-electron chi connectivity index (χ1n) is 6.79. The number of benzene rings is 1. The van der Waals surface area contributed by atoms with Crippen LogP contribution in [0.15, 0.2) is 48.9 Å². The minimum Gasteiger partial charge on any atom is -0.343 e. The highest BCUT2D eigenvalue weighted by atomic mass is 16.2. The number of carbonyl (C=O) groups is 1. The molecule has 0 fully saturated rings. The number of rotatable bonds is 3. The lowest BCUT2D eigenvalue weighted by atomic mass is 10.1. The van der Waals surface area contributed by atoms with Gasteiger partial charge in [0, 0.05) is 31.4 Å². The van der Waals surface area contributed by atoms with E-state index < -0.39 is 0 Å². The second kappa shape index (κ2) is 5.77. The van der Waals surface area contributed by atoms with Crippen molar-refractivity contribution in [3.05, 3.63) is 54.6 Å². The van der Waals surface area contributed by atoms with Crippen molar-refractivity contribution in [3.63, 3.8) is 0 Å². The van der Waals surface area contributed by atoms with Crippen LogP contribution in [0.25, 0.3) is 22.5 Å². The molecule has 22 heavy (non-hydrogen) atoms. The highest BCUT2D eigenvalue weighted by molar-refractivity contribution is 5.92. The number of aromatic amines is 1. The van der Waals surface area contributed by atoms with Crippen molar-refractivity contribution in [1.29, 1.82) is 0 Å².